The average molecular weight is 193 g/mol. The third-order valence-corrected chi connectivity index (χ3v) is 1.06. The molecular weight excluding hydrogens is 180 g/mol. The molecule has 0 aromatic carbocycles. The Morgan fingerprint density at radius 1 is 1.89 bits per heavy atom. The van der Waals surface area contributed by atoms with Crippen LogP contribution in [0.5, 0.6) is 0 Å². The number of hydrogen-bond acceptors (Lipinski definition) is 2. The Labute approximate surface area is 70.9 Å². The van der Waals surface area contributed by atoms with Gasteiger partial charge < -0.3 is 5.32 Å². The third-order valence-electron chi connectivity index (χ3n) is 0.682. The molecule has 0 aliphatic rings. The summed E-state index contributed by atoms with van der Waals surface area (Å²) in [5.74, 6) is 0. The van der Waals surface area contributed by atoms with Crippen molar-refractivity contribution in [1.82, 2.24) is 4.98 Å². The van der Waals surface area contributed by atoms with Gasteiger partial charge in [-0.15, -0.1) is 0 Å². The third kappa shape index (κ3) is 1.68. The number of aromatic nitrogens is 1. The minimum absolute atomic E-state index is 0.0496. The first-order chi connectivity index (χ1) is 6.72. The van der Waals surface area contributed by atoms with Gasteiger partial charge in [0.25, 0.3) is 0 Å². The predicted molar refractivity (Wildman–Crippen MR) is 41.5 cm³/mol. The van der Waals surface area contributed by atoms with Gasteiger partial charge in [0.15, 0.2) is 0 Å². The van der Waals surface area contributed by atoms with E-state index in [4.69, 9.17) is 8.22 Å². The summed E-state index contributed by atoms with van der Waals surface area (Å²) in [6.07, 6.45) is -0.376. The molecule has 0 bridgehead atoms. The summed E-state index contributed by atoms with van der Waals surface area (Å²) in [5.41, 5.74) is -0.261. The molecule has 0 spiro atoms. The van der Waals surface area contributed by atoms with E-state index in [2.05, 4.69) is 20.9 Å². The number of rotatable bonds is 1. The van der Waals surface area contributed by atoms with E-state index in [9.17, 15) is 0 Å². The Balaban J connectivity index is 3.24. The summed E-state index contributed by atoms with van der Waals surface area (Å²) in [4.78, 5) is 3.58. The number of halogens is 1. The molecule has 0 aliphatic heterocycles. The Hall–Kier alpha value is -0.570. The quantitative estimate of drug-likeness (QED) is 0.689. The summed E-state index contributed by atoms with van der Waals surface area (Å²) in [5, 5.41) is 2.01. The monoisotopic (exact) mass is 192 g/mol. The SMILES string of the molecule is [2H]c1nc(Br)c([2H])c([2H])c1NC([2H])([2H])[2H]. The van der Waals surface area contributed by atoms with Gasteiger partial charge in [-0.25, -0.2) is 4.98 Å². The zero-order chi connectivity index (χ0) is 11.8. The number of nitrogens with zero attached hydrogens (tertiary/aromatic N) is 1. The summed E-state index contributed by atoms with van der Waals surface area (Å²) < 4.78 is 43.1. The van der Waals surface area contributed by atoms with E-state index in [0.29, 0.717) is 0 Å². The molecule has 0 amide bonds. The van der Waals surface area contributed by atoms with Gasteiger partial charge in [-0.05, 0) is 28.0 Å². The Kier molecular flexibility index (Phi) is 0.701. The van der Waals surface area contributed by atoms with E-state index < -0.39 is 6.98 Å². The largest absolute Gasteiger partial charge is 0.387 e. The van der Waals surface area contributed by atoms with Crippen LogP contribution >= 0.6 is 15.9 Å². The highest BCUT2D eigenvalue weighted by Gasteiger charge is 1.86. The van der Waals surface area contributed by atoms with Crippen LogP contribution in [-0.4, -0.2) is 12.0 Å². The first kappa shape index (κ1) is 2.23. The minimum atomic E-state index is -2.51. The normalized spacial score (nSPS) is 20.1. The van der Waals surface area contributed by atoms with E-state index in [1.807, 2.05) is 5.32 Å². The van der Waals surface area contributed by atoms with Gasteiger partial charge in [-0.2, -0.15) is 0 Å². The smallest absolute Gasteiger partial charge is 0.106 e. The summed E-state index contributed by atoms with van der Waals surface area (Å²) in [6.45, 7) is -2.51. The molecule has 0 fully saturated rings. The van der Waals surface area contributed by atoms with Crippen molar-refractivity contribution in [2.24, 2.45) is 0 Å². The number of pyridine rings is 1. The molecule has 3 heteroatoms. The van der Waals surface area contributed by atoms with Crippen molar-refractivity contribution in [2.75, 3.05) is 12.3 Å². The predicted octanol–water partition coefficient (Wildman–Crippen LogP) is 1.89. The Morgan fingerprint density at radius 2 is 2.78 bits per heavy atom. The van der Waals surface area contributed by atoms with E-state index in [-0.39, 0.29) is 28.5 Å². The minimum Gasteiger partial charge on any atom is -0.387 e. The van der Waals surface area contributed by atoms with Crippen LogP contribution in [0, 0.1) is 0 Å². The molecular formula is C6H7BrN2. The molecule has 0 saturated heterocycles. The fourth-order valence-corrected chi connectivity index (χ4v) is 0.522. The van der Waals surface area contributed by atoms with Crippen LogP contribution < -0.4 is 5.32 Å². The zero-order valence-corrected chi connectivity index (χ0v) is 5.91. The maximum Gasteiger partial charge on any atom is 0.106 e. The average Bonchev–Trinajstić information content (AvgIpc) is 2.07. The molecule has 1 rings (SSSR count). The molecule has 2 nitrogen and oxygen atoms in total. The summed E-state index contributed by atoms with van der Waals surface area (Å²) >= 11 is 2.90. The van der Waals surface area contributed by atoms with Crippen LogP contribution in [0.4, 0.5) is 5.69 Å². The van der Waals surface area contributed by atoms with E-state index in [1.165, 1.54) is 0 Å². The highest BCUT2D eigenvalue weighted by atomic mass is 79.9. The number of anilines is 1. The topological polar surface area (TPSA) is 24.9 Å². The van der Waals surface area contributed by atoms with Crippen LogP contribution in [0.2, 0.25) is 0 Å². The van der Waals surface area contributed by atoms with Crippen LogP contribution in [-0.2, 0) is 0 Å². The maximum absolute atomic E-state index is 7.47. The van der Waals surface area contributed by atoms with Crippen molar-refractivity contribution in [3.8, 4) is 0 Å². The number of hydrogen-bond donors (Lipinski definition) is 1. The molecule has 0 aliphatic carbocycles. The molecule has 0 unspecified atom stereocenters. The van der Waals surface area contributed by atoms with Crippen LogP contribution in [0.15, 0.2) is 22.9 Å². The van der Waals surface area contributed by atoms with Crippen molar-refractivity contribution < 1.29 is 8.22 Å². The molecule has 1 N–H and O–H groups in total. The summed E-state index contributed by atoms with van der Waals surface area (Å²) in [6, 6.07) is -0.615. The van der Waals surface area contributed by atoms with Gasteiger partial charge in [-0.3, -0.25) is 0 Å². The number of nitrogens with one attached hydrogen (secondary N) is 1. The molecule has 1 aromatic heterocycles. The highest BCUT2D eigenvalue weighted by Crippen LogP contribution is 2.08. The Morgan fingerprint density at radius 3 is 3.56 bits per heavy atom. The molecule has 0 radical (unpaired) electrons. The molecule has 0 saturated carbocycles. The summed E-state index contributed by atoms with van der Waals surface area (Å²) in [7, 11) is 0. The van der Waals surface area contributed by atoms with E-state index in [0.717, 1.165) is 0 Å². The molecule has 48 valence electrons. The van der Waals surface area contributed by atoms with Gasteiger partial charge in [0.1, 0.15) is 4.60 Å². The second-order valence-electron chi connectivity index (χ2n) is 1.26. The molecule has 9 heavy (non-hydrogen) atoms. The van der Waals surface area contributed by atoms with Crippen molar-refractivity contribution in [3.05, 3.63) is 22.9 Å². The van der Waals surface area contributed by atoms with Gasteiger partial charge in [0, 0.05) is 11.1 Å². The lowest BCUT2D eigenvalue weighted by molar-refractivity contribution is 1.27. The standard InChI is InChI=1S/C6H7BrN2/c1-8-5-2-3-6(7)9-4-5/h2-4,8H,1H3/i1D3,2D,3D,4D. The van der Waals surface area contributed by atoms with Crippen LogP contribution in [0.1, 0.15) is 8.22 Å². The van der Waals surface area contributed by atoms with Gasteiger partial charge >= 0.3 is 0 Å². The van der Waals surface area contributed by atoms with E-state index in [1.54, 1.807) is 0 Å². The first-order valence-corrected chi connectivity index (χ1v) is 2.93. The Bertz CT molecular complexity index is 390. The first-order valence-electron chi connectivity index (χ1n) is 5.14. The lowest BCUT2D eigenvalue weighted by Gasteiger charge is -1.95. The fraction of sp³-hybridized carbons (Fsp3) is 0.167. The van der Waals surface area contributed by atoms with Gasteiger partial charge in [-0.1, -0.05) is 0 Å². The lowest BCUT2D eigenvalue weighted by atomic mass is 10.4. The van der Waals surface area contributed by atoms with Gasteiger partial charge in [0.2, 0.25) is 0 Å². The van der Waals surface area contributed by atoms with Crippen molar-refractivity contribution >= 4 is 21.6 Å². The van der Waals surface area contributed by atoms with E-state index >= 15 is 0 Å². The van der Waals surface area contributed by atoms with Crippen LogP contribution in [0.3, 0.4) is 0 Å². The van der Waals surface area contributed by atoms with Crippen LogP contribution in [0.25, 0.3) is 0 Å². The van der Waals surface area contributed by atoms with Crippen molar-refractivity contribution in [2.45, 2.75) is 0 Å². The second kappa shape index (κ2) is 2.82. The van der Waals surface area contributed by atoms with Crippen molar-refractivity contribution in [1.29, 1.82) is 0 Å². The maximum atomic E-state index is 7.47. The highest BCUT2D eigenvalue weighted by molar-refractivity contribution is 9.10. The second-order valence-corrected chi connectivity index (χ2v) is 2.02. The zero-order valence-electron chi connectivity index (χ0n) is 10.3. The molecule has 1 aromatic rings. The fourth-order valence-electron chi connectivity index (χ4n) is 0.334. The van der Waals surface area contributed by atoms with Gasteiger partial charge in [0.05, 0.1) is 16.0 Å². The molecule has 0 atom stereocenters. The lowest BCUT2D eigenvalue weighted by Crippen LogP contribution is -1.87. The van der Waals surface area contributed by atoms with Crippen molar-refractivity contribution in [3.63, 3.8) is 0 Å². The molecule has 1 heterocycles.